The van der Waals surface area contributed by atoms with Gasteiger partial charge >= 0.3 is 0 Å². The molecule has 2 N–H and O–H groups in total. The van der Waals surface area contributed by atoms with E-state index in [4.69, 9.17) is 11.6 Å². The summed E-state index contributed by atoms with van der Waals surface area (Å²) in [7, 11) is -1.62. The van der Waals surface area contributed by atoms with Crippen LogP contribution in [0.1, 0.15) is 22.7 Å². The van der Waals surface area contributed by atoms with Gasteiger partial charge in [-0.15, -0.1) is 22.7 Å². The molecule has 0 aromatic carbocycles. The van der Waals surface area contributed by atoms with Crippen molar-refractivity contribution in [3.05, 3.63) is 38.4 Å². The molecule has 116 valence electrons. The van der Waals surface area contributed by atoms with Crippen LogP contribution < -0.4 is 10.0 Å². The Morgan fingerprint density at radius 2 is 2.00 bits per heavy atom. The first-order valence-corrected chi connectivity index (χ1v) is 9.92. The summed E-state index contributed by atoms with van der Waals surface area (Å²) in [4.78, 5) is 1.95. The maximum atomic E-state index is 12.4. The highest BCUT2D eigenvalue weighted by molar-refractivity contribution is 7.91. The van der Waals surface area contributed by atoms with Gasteiger partial charge in [0, 0.05) is 9.75 Å². The molecule has 0 bridgehead atoms. The van der Waals surface area contributed by atoms with Crippen LogP contribution in [0.2, 0.25) is 4.34 Å². The van der Waals surface area contributed by atoms with E-state index in [1.54, 1.807) is 12.1 Å². The van der Waals surface area contributed by atoms with Crippen LogP contribution in [0.3, 0.4) is 0 Å². The Labute approximate surface area is 138 Å². The second-order valence-electron chi connectivity index (χ2n) is 4.56. The van der Waals surface area contributed by atoms with Crippen molar-refractivity contribution in [1.82, 2.24) is 10.0 Å². The first kappa shape index (κ1) is 16.9. The lowest BCUT2D eigenvalue weighted by Crippen LogP contribution is -2.25. The highest BCUT2D eigenvalue weighted by Crippen LogP contribution is 2.29. The molecule has 2 heterocycles. The topological polar surface area (TPSA) is 58.2 Å². The van der Waals surface area contributed by atoms with E-state index in [-0.39, 0.29) is 6.04 Å². The third-order valence-electron chi connectivity index (χ3n) is 2.88. The molecular formula is C13H17ClN2O2S3. The van der Waals surface area contributed by atoms with E-state index >= 15 is 0 Å². The quantitative estimate of drug-likeness (QED) is 0.792. The summed E-state index contributed by atoms with van der Waals surface area (Å²) in [6.07, 6.45) is 0.826. The lowest BCUT2D eigenvalue weighted by Gasteiger charge is -2.11. The zero-order valence-electron chi connectivity index (χ0n) is 11.7. The fourth-order valence-corrected chi connectivity index (χ4v) is 5.53. The molecule has 0 aliphatic carbocycles. The maximum Gasteiger partial charge on any atom is 0.250 e. The van der Waals surface area contributed by atoms with Crippen molar-refractivity contribution in [2.24, 2.45) is 0 Å². The van der Waals surface area contributed by atoms with Gasteiger partial charge in [-0.2, -0.15) is 0 Å². The van der Waals surface area contributed by atoms with Crippen molar-refractivity contribution in [3.8, 4) is 0 Å². The fraction of sp³-hybridized carbons (Fsp3) is 0.385. The van der Waals surface area contributed by atoms with Crippen LogP contribution in [-0.4, -0.2) is 22.0 Å². The molecule has 0 spiro atoms. The molecule has 0 aliphatic heterocycles. The Bertz CT molecular complexity index is 694. The molecule has 2 aromatic rings. The third-order valence-corrected chi connectivity index (χ3v) is 7.47. The van der Waals surface area contributed by atoms with E-state index in [1.807, 2.05) is 26.1 Å². The van der Waals surface area contributed by atoms with Crippen LogP contribution in [0, 0.1) is 0 Å². The number of thiophene rings is 2. The van der Waals surface area contributed by atoms with Crippen LogP contribution in [0.4, 0.5) is 0 Å². The van der Waals surface area contributed by atoms with Gasteiger partial charge in [-0.25, -0.2) is 13.1 Å². The van der Waals surface area contributed by atoms with E-state index in [1.165, 1.54) is 22.7 Å². The summed E-state index contributed by atoms with van der Waals surface area (Å²) in [6, 6.07) is 6.84. The van der Waals surface area contributed by atoms with Crippen molar-refractivity contribution in [2.75, 3.05) is 13.6 Å². The average Bonchev–Trinajstić information content (AvgIpc) is 3.05. The summed E-state index contributed by atoms with van der Waals surface area (Å²) in [5.41, 5.74) is 0. The van der Waals surface area contributed by atoms with Crippen LogP contribution in [0.5, 0.6) is 0 Å². The molecular weight excluding hydrogens is 348 g/mol. The summed E-state index contributed by atoms with van der Waals surface area (Å²) >= 11 is 8.57. The molecule has 21 heavy (non-hydrogen) atoms. The van der Waals surface area contributed by atoms with Gasteiger partial charge in [0.1, 0.15) is 4.21 Å². The number of hydrogen-bond donors (Lipinski definition) is 2. The van der Waals surface area contributed by atoms with Crippen LogP contribution in [-0.2, 0) is 16.4 Å². The maximum absolute atomic E-state index is 12.4. The lowest BCUT2D eigenvalue weighted by atomic mass is 10.3. The molecule has 0 aliphatic rings. The van der Waals surface area contributed by atoms with Crippen molar-refractivity contribution in [3.63, 3.8) is 0 Å². The van der Waals surface area contributed by atoms with Gasteiger partial charge in [-0.3, -0.25) is 0 Å². The van der Waals surface area contributed by atoms with Crippen LogP contribution in [0.15, 0.2) is 28.5 Å². The van der Waals surface area contributed by atoms with Gasteiger partial charge in [-0.05, 0) is 51.2 Å². The second kappa shape index (κ2) is 7.21. The monoisotopic (exact) mass is 364 g/mol. The number of rotatable bonds is 7. The Morgan fingerprint density at radius 1 is 1.24 bits per heavy atom. The molecule has 2 aromatic heterocycles. The highest BCUT2D eigenvalue weighted by Gasteiger charge is 2.21. The van der Waals surface area contributed by atoms with Crippen molar-refractivity contribution in [1.29, 1.82) is 0 Å². The largest absolute Gasteiger partial charge is 0.319 e. The zero-order chi connectivity index (χ0) is 15.5. The number of hydrogen-bond acceptors (Lipinski definition) is 5. The van der Waals surface area contributed by atoms with Gasteiger partial charge in [-0.1, -0.05) is 11.6 Å². The van der Waals surface area contributed by atoms with Crippen molar-refractivity contribution in [2.45, 2.75) is 23.6 Å². The van der Waals surface area contributed by atoms with E-state index in [0.29, 0.717) is 8.55 Å². The number of nitrogens with one attached hydrogen (secondary N) is 2. The van der Waals surface area contributed by atoms with E-state index < -0.39 is 10.0 Å². The standard InChI is InChI=1S/C13H17ClN2O2S3/c1-9(11-4-5-12(14)20-11)16-21(17,18)13-6-3-10(19-13)7-8-15-2/h3-6,9,15-16H,7-8H2,1-2H3. The minimum Gasteiger partial charge on any atom is -0.319 e. The molecule has 0 saturated heterocycles. The van der Waals surface area contributed by atoms with Gasteiger partial charge in [0.05, 0.1) is 10.4 Å². The first-order chi connectivity index (χ1) is 9.92. The second-order valence-corrected chi connectivity index (χ2v) is 9.41. The van der Waals surface area contributed by atoms with Gasteiger partial charge < -0.3 is 5.32 Å². The average molecular weight is 365 g/mol. The zero-order valence-corrected chi connectivity index (χ0v) is 14.9. The first-order valence-electron chi connectivity index (χ1n) is 6.43. The molecule has 0 fully saturated rings. The Kier molecular flexibility index (Phi) is 5.81. The molecule has 0 radical (unpaired) electrons. The van der Waals surface area contributed by atoms with E-state index in [0.717, 1.165) is 22.7 Å². The van der Waals surface area contributed by atoms with Crippen LogP contribution >= 0.6 is 34.3 Å². The predicted molar refractivity (Wildman–Crippen MR) is 90.0 cm³/mol. The minimum absolute atomic E-state index is 0.296. The van der Waals surface area contributed by atoms with Gasteiger partial charge in [0.25, 0.3) is 10.0 Å². The Morgan fingerprint density at radius 3 is 2.62 bits per heavy atom. The Balaban J connectivity index is 2.09. The summed E-state index contributed by atoms with van der Waals surface area (Å²) in [6.45, 7) is 2.65. The van der Waals surface area contributed by atoms with Gasteiger partial charge in [0.15, 0.2) is 0 Å². The number of halogens is 1. The van der Waals surface area contributed by atoms with E-state index in [2.05, 4.69) is 10.0 Å². The van der Waals surface area contributed by atoms with Crippen LogP contribution in [0.25, 0.3) is 0 Å². The molecule has 1 unspecified atom stereocenters. The summed E-state index contributed by atoms with van der Waals surface area (Å²) < 4.78 is 28.4. The predicted octanol–water partition coefficient (Wildman–Crippen LogP) is 3.26. The SMILES string of the molecule is CNCCc1ccc(S(=O)(=O)NC(C)c2ccc(Cl)s2)s1. The van der Waals surface area contributed by atoms with Gasteiger partial charge in [0.2, 0.25) is 0 Å². The molecule has 2 rings (SSSR count). The normalized spacial score (nSPS) is 13.5. The van der Waals surface area contributed by atoms with Crippen molar-refractivity contribution >= 4 is 44.3 Å². The molecule has 0 amide bonds. The molecule has 8 heteroatoms. The fourth-order valence-electron chi connectivity index (χ4n) is 1.80. The Hall–Kier alpha value is -0.440. The smallest absolute Gasteiger partial charge is 0.250 e. The highest BCUT2D eigenvalue weighted by atomic mass is 35.5. The summed E-state index contributed by atoms with van der Waals surface area (Å²) in [5.74, 6) is 0. The molecule has 1 atom stereocenters. The molecule has 0 saturated carbocycles. The lowest BCUT2D eigenvalue weighted by molar-refractivity contribution is 0.570. The number of likely N-dealkylation sites (N-methyl/N-ethyl adjacent to an activating group) is 1. The third kappa shape index (κ3) is 4.51. The van der Waals surface area contributed by atoms with Crippen molar-refractivity contribution < 1.29 is 8.42 Å². The van der Waals surface area contributed by atoms with E-state index in [9.17, 15) is 8.42 Å². The minimum atomic E-state index is -3.49. The summed E-state index contributed by atoms with van der Waals surface area (Å²) in [5, 5.41) is 3.05. The molecule has 4 nitrogen and oxygen atoms in total. The number of sulfonamides is 1.